The fourth-order valence-electron chi connectivity index (χ4n) is 2.99. The number of likely N-dealkylation sites (tertiary alicyclic amines) is 1. The summed E-state index contributed by atoms with van der Waals surface area (Å²) in [5.74, 6) is -0.0480. The van der Waals surface area contributed by atoms with E-state index in [1.54, 1.807) is 11.3 Å². The third kappa shape index (κ3) is 5.19. The Morgan fingerprint density at radius 2 is 2.09 bits per heavy atom. The minimum absolute atomic E-state index is 0.0480. The number of rotatable bonds is 7. The number of benzene rings is 1. The number of ether oxygens (including phenoxy) is 1. The van der Waals surface area contributed by atoms with E-state index in [0.29, 0.717) is 6.42 Å². The van der Waals surface area contributed by atoms with Crippen molar-refractivity contribution in [2.45, 2.75) is 38.3 Å². The SMILES string of the molecule is O=C(CCCc1cccs1)O[C@@H]1CCN(Cc2ccccc2)C1. The van der Waals surface area contributed by atoms with Crippen molar-refractivity contribution in [3.8, 4) is 0 Å². The maximum atomic E-state index is 12.0. The lowest BCUT2D eigenvalue weighted by molar-refractivity contribution is -0.148. The van der Waals surface area contributed by atoms with E-state index in [4.69, 9.17) is 4.74 Å². The van der Waals surface area contributed by atoms with E-state index in [-0.39, 0.29) is 12.1 Å². The van der Waals surface area contributed by atoms with E-state index in [0.717, 1.165) is 38.9 Å². The number of carbonyl (C=O) groups excluding carboxylic acids is 1. The number of carbonyl (C=O) groups is 1. The highest BCUT2D eigenvalue weighted by atomic mass is 32.1. The fraction of sp³-hybridized carbons (Fsp3) is 0.421. The summed E-state index contributed by atoms with van der Waals surface area (Å²) in [6, 6.07) is 14.6. The quantitative estimate of drug-likeness (QED) is 0.722. The highest BCUT2D eigenvalue weighted by Gasteiger charge is 2.25. The van der Waals surface area contributed by atoms with Crippen LogP contribution in [0.4, 0.5) is 0 Å². The summed E-state index contributed by atoms with van der Waals surface area (Å²) in [6.07, 6.45) is 3.38. The summed E-state index contributed by atoms with van der Waals surface area (Å²) in [6.45, 7) is 2.79. The molecular weight excluding hydrogens is 306 g/mol. The minimum Gasteiger partial charge on any atom is -0.461 e. The molecule has 0 bridgehead atoms. The van der Waals surface area contributed by atoms with Gasteiger partial charge in [-0.25, -0.2) is 0 Å². The van der Waals surface area contributed by atoms with Crippen LogP contribution in [0, 0.1) is 0 Å². The van der Waals surface area contributed by atoms with Crippen LogP contribution in [0.5, 0.6) is 0 Å². The van der Waals surface area contributed by atoms with E-state index < -0.39 is 0 Å². The molecule has 1 aromatic heterocycles. The Labute approximate surface area is 141 Å². The Bertz CT molecular complexity index is 597. The smallest absolute Gasteiger partial charge is 0.306 e. The first-order chi connectivity index (χ1) is 11.3. The molecule has 1 saturated heterocycles. The third-order valence-electron chi connectivity index (χ3n) is 4.16. The van der Waals surface area contributed by atoms with Crippen molar-refractivity contribution >= 4 is 17.3 Å². The van der Waals surface area contributed by atoms with Crippen molar-refractivity contribution in [2.75, 3.05) is 13.1 Å². The predicted molar refractivity (Wildman–Crippen MR) is 93.5 cm³/mol. The van der Waals surface area contributed by atoms with Crippen molar-refractivity contribution < 1.29 is 9.53 Å². The number of esters is 1. The highest BCUT2D eigenvalue weighted by molar-refractivity contribution is 7.09. The normalized spacial score (nSPS) is 18.2. The highest BCUT2D eigenvalue weighted by Crippen LogP contribution is 2.17. The Morgan fingerprint density at radius 3 is 2.87 bits per heavy atom. The molecule has 23 heavy (non-hydrogen) atoms. The average Bonchev–Trinajstić information content (AvgIpc) is 3.21. The molecule has 0 unspecified atom stereocenters. The van der Waals surface area contributed by atoms with Gasteiger partial charge in [0.2, 0.25) is 0 Å². The largest absolute Gasteiger partial charge is 0.461 e. The van der Waals surface area contributed by atoms with Crippen LogP contribution in [0.25, 0.3) is 0 Å². The van der Waals surface area contributed by atoms with Crippen LogP contribution in [-0.4, -0.2) is 30.1 Å². The lowest BCUT2D eigenvalue weighted by atomic mass is 10.2. The number of hydrogen-bond acceptors (Lipinski definition) is 4. The van der Waals surface area contributed by atoms with Gasteiger partial charge in [-0.1, -0.05) is 36.4 Å². The van der Waals surface area contributed by atoms with Crippen molar-refractivity contribution in [1.29, 1.82) is 0 Å². The zero-order valence-electron chi connectivity index (χ0n) is 13.3. The molecule has 0 amide bonds. The molecule has 1 fully saturated rings. The lowest BCUT2D eigenvalue weighted by Crippen LogP contribution is -2.24. The Morgan fingerprint density at radius 1 is 1.22 bits per heavy atom. The summed E-state index contributed by atoms with van der Waals surface area (Å²) in [5, 5.41) is 2.08. The summed E-state index contributed by atoms with van der Waals surface area (Å²) in [5.41, 5.74) is 1.32. The maximum Gasteiger partial charge on any atom is 0.306 e. The number of aryl methyl sites for hydroxylation is 1. The van der Waals surface area contributed by atoms with Gasteiger partial charge in [0.05, 0.1) is 0 Å². The van der Waals surface area contributed by atoms with E-state index in [1.807, 2.05) is 6.07 Å². The van der Waals surface area contributed by atoms with Crippen LogP contribution < -0.4 is 0 Å². The van der Waals surface area contributed by atoms with E-state index in [1.165, 1.54) is 10.4 Å². The lowest BCUT2D eigenvalue weighted by Gasteiger charge is -2.16. The van der Waals surface area contributed by atoms with E-state index in [9.17, 15) is 4.79 Å². The third-order valence-corrected chi connectivity index (χ3v) is 5.10. The second-order valence-corrected chi connectivity index (χ2v) is 7.09. The number of hydrogen-bond donors (Lipinski definition) is 0. The molecule has 0 aliphatic carbocycles. The summed E-state index contributed by atoms with van der Waals surface area (Å²) in [7, 11) is 0. The predicted octanol–water partition coefficient (Wildman–Crippen LogP) is 3.89. The van der Waals surface area contributed by atoms with Crippen LogP contribution >= 0.6 is 11.3 Å². The maximum absolute atomic E-state index is 12.0. The molecule has 4 heteroatoms. The van der Waals surface area contributed by atoms with Crippen LogP contribution in [0.2, 0.25) is 0 Å². The minimum atomic E-state index is -0.0480. The van der Waals surface area contributed by atoms with Crippen molar-refractivity contribution in [2.24, 2.45) is 0 Å². The van der Waals surface area contributed by atoms with Crippen molar-refractivity contribution in [3.63, 3.8) is 0 Å². The summed E-state index contributed by atoms with van der Waals surface area (Å²) < 4.78 is 5.62. The van der Waals surface area contributed by atoms with Gasteiger partial charge in [0, 0.05) is 30.9 Å². The molecule has 0 radical (unpaired) electrons. The molecule has 1 atom stereocenters. The second kappa shape index (κ2) is 8.27. The second-order valence-electron chi connectivity index (χ2n) is 6.05. The number of thiophene rings is 1. The van der Waals surface area contributed by atoms with Crippen LogP contribution in [-0.2, 0) is 22.5 Å². The van der Waals surface area contributed by atoms with E-state index >= 15 is 0 Å². The molecule has 1 aromatic carbocycles. The first-order valence-corrected chi connectivity index (χ1v) is 9.16. The average molecular weight is 329 g/mol. The first-order valence-electron chi connectivity index (χ1n) is 8.28. The zero-order valence-corrected chi connectivity index (χ0v) is 14.1. The van der Waals surface area contributed by atoms with Crippen LogP contribution in [0.1, 0.15) is 29.7 Å². The van der Waals surface area contributed by atoms with Crippen LogP contribution in [0.3, 0.4) is 0 Å². The topological polar surface area (TPSA) is 29.5 Å². The standard InChI is InChI=1S/C19H23NO2S/c21-19(10-4-8-18-9-5-13-23-18)22-17-11-12-20(15-17)14-16-6-2-1-3-7-16/h1-3,5-7,9,13,17H,4,8,10-12,14-15H2/t17-/m1/s1. The monoisotopic (exact) mass is 329 g/mol. The molecular formula is C19H23NO2S. The molecule has 3 nitrogen and oxygen atoms in total. The zero-order chi connectivity index (χ0) is 15.9. The van der Waals surface area contributed by atoms with Gasteiger partial charge in [-0.3, -0.25) is 9.69 Å². The molecule has 0 spiro atoms. The van der Waals surface area contributed by atoms with E-state index in [2.05, 4.69) is 46.7 Å². The Balaban J connectivity index is 1.35. The summed E-state index contributed by atoms with van der Waals surface area (Å²) in [4.78, 5) is 15.7. The number of nitrogens with zero attached hydrogens (tertiary/aromatic N) is 1. The molecule has 2 aromatic rings. The fourth-order valence-corrected chi connectivity index (χ4v) is 3.74. The molecule has 0 N–H and O–H groups in total. The Hall–Kier alpha value is -1.65. The summed E-state index contributed by atoms with van der Waals surface area (Å²) >= 11 is 1.75. The van der Waals surface area contributed by atoms with Gasteiger partial charge in [-0.15, -0.1) is 11.3 Å². The Kier molecular flexibility index (Phi) is 5.83. The van der Waals surface area contributed by atoms with Gasteiger partial charge in [0.15, 0.2) is 0 Å². The van der Waals surface area contributed by atoms with Crippen LogP contribution in [0.15, 0.2) is 47.8 Å². The molecule has 0 saturated carbocycles. The first kappa shape index (κ1) is 16.2. The van der Waals surface area contributed by atoms with Crippen molar-refractivity contribution in [1.82, 2.24) is 4.90 Å². The van der Waals surface area contributed by atoms with Crippen molar-refractivity contribution in [3.05, 3.63) is 58.3 Å². The van der Waals surface area contributed by atoms with Gasteiger partial charge < -0.3 is 4.74 Å². The molecule has 1 aliphatic rings. The molecule has 3 rings (SSSR count). The molecule has 2 heterocycles. The van der Waals surface area contributed by atoms with Gasteiger partial charge in [0.25, 0.3) is 0 Å². The van der Waals surface area contributed by atoms with Gasteiger partial charge in [-0.2, -0.15) is 0 Å². The van der Waals surface area contributed by atoms with Gasteiger partial charge >= 0.3 is 5.97 Å². The van der Waals surface area contributed by atoms with Gasteiger partial charge in [0.1, 0.15) is 6.10 Å². The molecule has 1 aliphatic heterocycles. The van der Waals surface area contributed by atoms with Gasteiger partial charge in [-0.05, 0) is 36.3 Å². The molecule has 122 valence electrons.